The molecule has 3 N–H and O–H groups in total. The number of carbonyl (C=O) groups excluding carboxylic acids is 2. The molecule has 0 spiro atoms. The molecular weight excluding hydrogens is 547 g/mol. The summed E-state index contributed by atoms with van der Waals surface area (Å²) in [6.45, 7) is 5.65. The van der Waals surface area contributed by atoms with Crippen molar-refractivity contribution in [2.45, 2.75) is 25.1 Å². The summed E-state index contributed by atoms with van der Waals surface area (Å²) >= 11 is 0. The van der Waals surface area contributed by atoms with Crippen LogP contribution in [0, 0.1) is 0 Å². The van der Waals surface area contributed by atoms with Gasteiger partial charge in [-0.05, 0) is 41.8 Å². The maximum atomic E-state index is 13.0. The number of piperazine rings is 1. The first-order valence-corrected chi connectivity index (χ1v) is 13.0. The van der Waals surface area contributed by atoms with Crippen molar-refractivity contribution >= 4 is 28.8 Å². The number of ether oxygens (including phenoxy) is 1. The van der Waals surface area contributed by atoms with Crippen molar-refractivity contribution in [2.24, 2.45) is 7.05 Å². The predicted molar refractivity (Wildman–Crippen MR) is 143 cm³/mol. The van der Waals surface area contributed by atoms with E-state index < -0.39 is 24.1 Å². The number of alkyl halides is 3. The van der Waals surface area contributed by atoms with E-state index in [1.54, 1.807) is 11.6 Å². The SMILES string of the molecule is Cn1c(=O)n(C2CCC(=O)NC2=O)c2ccc(-c3cccc(OCCN4CCNCC4)c3)cc21.O=C(O)C(F)(F)F. The number of aliphatic carboxylic acids is 1. The Labute approximate surface area is 232 Å². The van der Waals surface area contributed by atoms with Crippen LogP contribution in [0.5, 0.6) is 5.75 Å². The van der Waals surface area contributed by atoms with Gasteiger partial charge in [-0.15, -0.1) is 0 Å². The van der Waals surface area contributed by atoms with Crippen molar-refractivity contribution in [3.63, 3.8) is 0 Å². The van der Waals surface area contributed by atoms with Crippen LogP contribution in [0.2, 0.25) is 0 Å². The van der Waals surface area contributed by atoms with Gasteiger partial charge in [0.15, 0.2) is 0 Å². The molecule has 3 aromatic rings. The van der Waals surface area contributed by atoms with Gasteiger partial charge in [0.1, 0.15) is 18.4 Å². The molecule has 1 aromatic heterocycles. The number of imide groups is 1. The molecule has 11 nitrogen and oxygen atoms in total. The van der Waals surface area contributed by atoms with Gasteiger partial charge in [0.05, 0.1) is 11.0 Å². The fraction of sp³-hybridized carbons (Fsp3) is 0.407. The molecule has 2 fully saturated rings. The van der Waals surface area contributed by atoms with Crippen LogP contribution < -0.4 is 21.1 Å². The average molecular weight is 578 g/mol. The molecule has 0 radical (unpaired) electrons. The quantitative estimate of drug-likeness (QED) is 0.379. The Balaban J connectivity index is 0.000000493. The van der Waals surface area contributed by atoms with Crippen LogP contribution >= 0.6 is 0 Å². The number of benzene rings is 2. The summed E-state index contributed by atoms with van der Waals surface area (Å²) in [5.74, 6) is -2.68. The maximum Gasteiger partial charge on any atom is 0.490 e. The Morgan fingerprint density at radius 1 is 1.05 bits per heavy atom. The number of piperidine rings is 1. The molecule has 2 aliphatic heterocycles. The summed E-state index contributed by atoms with van der Waals surface area (Å²) in [7, 11) is 1.70. The molecule has 1 unspecified atom stereocenters. The zero-order chi connectivity index (χ0) is 29.7. The summed E-state index contributed by atoms with van der Waals surface area (Å²) < 4.78 is 40.8. The summed E-state index contributed by atoms with van der Waals surface area (Å²) in [5, 5.41) is 12.8. The number of amides is 2. The van der Waals surface area contributed by atoms with Gasteiger partial charge in [-0.1, -0.05) is 18.2 Å². The number of carboxylic acid groups (broad SMARTS) is 1. The number of hydrogen-bond acceptors (Lipinski definition) is 7. The van der Waals surface area contributed by atoms with E-state index in [0.29, 0.717) is 18.5 Å². The highest BCUT2D eigenvalue weighted by molar-refractivity contribution is 6.00. The van der Waals surface area contributed by atoms with Crippen LogP contribution in [0.1, 0.15) is 18.9 Å². The Kier molecular flexibility index (Phi) is 9.13. The van der Waals surface area contributed by atoms with Gasteiger partial charge in [0, 0.05) is 46.2 Å². The number of fused-ring (bicyclic) bond motifs is 1. The molecule has 2 saturated heterocycles. The molecule has 5 rings (SSSR count). The van der Waals surface area contributed by atoms with E-state index in [0.717, 1.165) is 55.1 Å². The van der Waals surface area contributed by atoms with Crippen molar-refractivity contribution in [2.75, 3.05) is 39.3 Å². The summed E-state index contributed by atoms with van der Waals surface area (Å²) in [5.41, 5.74) is 3.08. The minimum Gasteiger partial charge on any atom is -0.492 e. The predicted octanol–water partition coefficient (Wildman–Crippen LogP) is 1.90. The molecule has 0 aliphatic carbocycles. The lowest BCUT2D eigenvalue weighted by molar-refractivity contribution is -0.192. The van der Waals surface area contributed by atoms with Crippen LogP contribution in [-0.4, -0.2) is 82.4 Å². The highest BCUT2D eigenvalue weighted by Crippen LogP contribution is 2.29. The molecule has 0 saturated carbocycles. The normalized spacial score (nSPS) is 18.0. The fourth-order valence-electron chi connectivity index (χ4n) is 4.77. The summed E-state index contributed by atoms with van der Waals surface area (Å²) in [6, 6.07) is 13.0. The first kappa shape index (κ1) is 29.8. The van der Waals surface area contributed by atoms with Gasteiger partial charge in [0.25, 0.3) is 0 Å². The highest BCUT2D eigenvalue weighted by Gasteiger charge is 2.38. The van der Waals surface area contributed by atoms with Crippen molar-refractivity contribution < 1.29 is 37.4 Å². The molecule has 2 amide bonds. The topological polar surface area (TPSA) is 135 Å². The van der Waals surface area contributed by atoms with Gasteiger partial charge in [-0.25, -0.2) is 9.59 Å². The third-order valence-corrected chi connectivity index (χ3v) is 6.91. The van der Waals surface area contributed by atoms with E-state index >= 15 is 0 Å². The van der Waals surface area contributed by atoms with E-state index in [9.17, 15) is 27.6 Å². The minimum absolute atomic E-state index is 0.221. The smallest absolute Gasteiger partial charge is 0.490 e. The molecule has 2 aromatic carbocycles. The lowest BCUT2D eigenvalue weighted by Crippen LogP contribution is -2.44. The molecule has 220 valence electrons. The number of aromatic nitrogens is 2. The number of nitrogens with one attached hydrogen (secondary N) is 2. The van der Waals surface area contributed by atoms with E-state index in [4.69, 9.17) is 14.6 Å². The van der Waals surface area contributed by atoms with Crippen LogP contribution in [0.4, 0.5) is 13.2 Å². The number of halogens is 3. The van der Waals surface area contributed by atoms with Gasteiger partial charge in [-0.2, -0.15) is 13.2 Å². The van der Waals surface area contributed by atoms with Crippen molar-refractivity contribution in [1.82, 2.24) is 24.7 Å². The van der Waals surface area contributed by atoms with Crippen LogP contribution in [0.25, 0.3) is 22.2 Å². The lowest BCUT2D eigenvalue weighted by atomic mass is 10.0. The third kappa shape index (κ3) is 7.13. The second kappa shape index (κ2) is 12.6. The van der Waals surface area contributed by atoms with E-state index in [1.807, 2.05) is 42.5 Å². The molecule has 1 atom stereocenters. The van der Waals surface area contributed by atoms with E-state index in [-0.39, 0.29) is 18.0 Å². The number of carbonyl (C=O) groups is 3. The Morgan fingerprint density at radius 3 is 2.39 bits per heavy atom. The average Bonchev–Trinajstić information content (AvgIpc) is 3.18. The maximum absolute atomic E-state index is 13.0. The molecule has 0 bridgehead atoms. The highest BCUT2D eigenvalue weighted by atomic mass is 19.4. The molecule has 14 heteroatoms. The monoisotopic (exact) mass is 577 g/mol. The third-order valence-electron chi connectivity index (χ3n) is 6.91. The van der Waals surface area contributed by atoms with Gasteiger partial charge in [0.2, 0.25) is 11.8 Å². The van der Waals surface area contributed by atoms with Gasteiger partial charge in [-0.3, -0.25) is 28.9 Å². The zero-order valence-corrected chi connectivity index (χ0v) is 22.2. The van der Waals surface area contributed by atoms with Crippen molar-refractivity contribution in [3.8, 4) is 16.9 Å². The number of rotatable bonds is 6. The largest absolute Gasteiger partial charge is 0.492 e. The molecule has 41 heavy (non-hydrogen) atoms. The second-order valence-corrected chi connectivity index (χ2v) is 9.65. The molecular formula is C27H30F3N5O6. The number of nitrogens with zero attached hydrogens (tertiary/aromatic N) is 3. The van der Waals surface area contributed by atoms with Gasteiger partial charge < -0.3 is 15.2 Å². The Hall–Kier alpha value is -4.17. The summed E-state index contributed by atoms with van der Waals surface area (Å²) in [4.78, 5) is 48.2. The lowest BCUT2D eigenvalue weighted by Gasteiger charge is -2.26. The van der Waals surface area contributed by atoms with Crippen LogP contribution in [0.15, 0.2) is 47.3 Å². The standard InChI is InChI=1S/C25H29N5O4.C2HF3O2/c1-28-22-16-18(5-6-20(22)30(25(28)33)21-7-8-23(31)27-24(21)32)17-3-2-4-19(15-17)34-14-13-29-11-9-26-10-12-29;3-2(4,5)1(6)7/h2-6,15-16,21,26H,7-14H2,1H3,(H,27,31,32);(H,6,7). The minimum atomic E-state index is -5.08. The van der Waals surface area contributed by atoms with Crippen molar-refractivity contribution in [1.29, 1.82) is 0 Å². The fourth-order valence-corrected chi connectivity index (χ4v) is 4.77. The zero-order valence-electron chi connectivity index (χ0n) is 22.2. The Morgan fingerprint density at radius 2 is 1.73 bits per heavy atom. The first-order valence-electron chi connectivity index (χ1n) is 13.0. The number of imidazole rings is 1. The van der Waals surface area contributed by atoms with Crippen molar-refractivity contribution in [3.05, 3.63) is 52.9 Å². The second-order valence-electron chi connectivity index (χ2n) is 9.65. The first-order chi connectivity index (χ1) is 19.5. The Bertz CT molecular complexity index is 1490. The molecule has 3 heterocycles. The summed E-state index contributed by atoms with van der Waals surface area (Å²) in [6.07, 6.45) is -4.54. The molecule has 2 aliphatic rings. The van der Waals surface area contributed by atoms with E-state index in [2.05, 4.69) is 15.5 Å². The number of hydrogen-bond donors (Lipinski definition) is 3. The van der Waals surface area contributed by atoms with Gasteiger partial charge >= 0.3 is 17.8 Å². The number of carboxylic acids is 1. The van der Waals surface area contributed by atoms with Crippen LogP contribution in [-0.2, 0) is 21.4 Å². The number of aryl methyl sites for hydroxylation is 1. The van der Waals surface area contributed by atoms with Crippen LogP contribution in [0.3, 0.4) is 0 Å². The van der Waals surface area contributed by atoms with E-state index in [1.165, 1.54) is 4.57 Å².